The molecule has 4 N–H and O–H groups in total. The molecule has 0 radical (unpaired) electrons. The largest absolute Gasteiger partial charge is 0.423 e. The number of fused-ring (bicyclic) bond motifs is 1. The highest BCUT2D eigenvalue weighted by Gasteiger charge is 2.37. The molecular weight excluding hydrogens is 516 g/mol. The first-order valence-electron chi connectivity index (χ1n) is 11.1. The highest BCUT2D eigenvalue weighted by Crippen LogP contribution is 2.32. The van der Waals surface area contributed by atoms with Crippen molar-refractivity contribution in [3.8, 4) is 11.3 Å². The van der Waals surface area contributed by atoms with Crippen molar-refractivity contribution in [1.29, 1.82) is 0 Å². The number of aromatic nitrogens is 4. The first-order chi connectivity index (χ1) is 17.5. The molecule has 1 atom stereocenters. The van der Waals surface area contributed by atoms with Gasteiger partial charge in [-0.05, 0) is 55.5 Å². The van der Waals surface area contributed by atoms with Crippen molar-refractivity contribution in [3.05, 3.63) is 79.8 Å². The lowest BCUT2D eigenvalue weighted by Gasteiger charge is -2.18. The maximum Gasteiger partial charge on any atom is 0.423 e. The quantitative estimate of drug-likeness (QED) is 0.291. The molecular formula is C24H21ClF4N6O2. The molecule has 1 aromatic carbocycles. The Balaban J connectivity index is 1.48. The minimum Gasteiger partial charge on any atom is -0.382 e. The summed E-state index contributed by atoms with van der Waals surface area (Å²) in [5, 5.41) is 8.79. The van der Waals surface area contributed by atoms with Gasteiger partial charge in [-0.2, -0.15) is 18.3 Å². The molecule has 0 saturated carbocycles. The van der Waals surface area contributed by atoms with E-state index in [0.717, 1.165) is 12.3 Å². The second-order valence-electron chi connectivity index (χ2n) is 8.47. The van der Waals surface area contributed by atoms with Crippen LogP contribution in [0.1, 0.15) is 25.3 Å². The Morgan fingerprint density at radius 1 is 1.22 bits per heavy atom. The number of nitrogens with zero attached hydrogens (tertiary/aromatic N) is 3. The predicted octanol–water partition coefficient (Wildman–Crippen LogP) is 4.82. The lowest BCUT2D eigenvalue weighted by Crippen LogP contribution is -2.27. The Bertz CT molecular complexity index is 1580. The van der Waals surface area contributed by atoms with E-state index in [2.05, 4.69) is 15.4 Å². The van der Waals surface area contributed by atoms with Gasteiger partial charge in [0.15, 0.2) is 0 Å². The second kappa shape index (κ2) is 10.2. The van der Waals surface area contributed by atoms with Gasteiger partial charge in [0, 0.05) is 24.3 Å². The highest BCUT2D eigenvalue weighted by molar-refractivity contribution is 6.32. The molecule has 0 saturated heterocycles. The van der Waals surface area contributed by atoms with Crippen molar-refractivity contribution in [1.82, 2.24) is 19.7 Å². The van der Waals surface area contributed by atoms with Crippen molar-refractivity contribution in [2.75, 3.05) is 11.1 Å². The van der Waals surface area contributed by atoms with Gasteiger partial charge >= 0.3 is 6.18 Å². The van der Waals surface area contributed by atoms with Crippen LogP contribution in [0.5, 0.6) is 0 Å². The molecule has 13 heteroatoms. The van der Waals surface area contributed by atoms with Crippen molar-refractivity contribution in [2.45, 2.75) is 38.5 Å². The molecule has 194 valence electrons. The van der Waals surface area contributed by atoms with Crippen LogP contribution < -0.4 is 22.2 Å². The minimum absolute atomic E-state index is 0.0581. The van der Waals surface area contributed by atoms with Gasteiger partial charge in [0.1, 0.15) is 17.2 Å². The Morgan fingerprint density at radius 3 is 2.68 bits per heavy atom. The van der Waals surface area contributed by atoms with Crippen molar-refractivity contribution < 1.29 is 17.6 Å². The number of nitrogens with two attached hydrogens (primary N) is 1. The van der Waals surface area contributed by atoms with Crippen LogP contribution in [-0.4, -0.2) is 25.8 Å². The van der Waals surface area contributed by atoms with E-state index in [-0.39, 0.29) is 34.0 Å². The first kappa shape index (κ1) is 26.1. The zero-order valence-electron chi connectivity index (χ0n) is 19.4. The summed E-state index contributed by atoms with van der Waals surface area (Å²) < 4.78 is 55.9. The monoisotopic (exact) mass is 536 g/mol. The molecule has 8 nitrogen and oxygen atoms in total. The van der Waals surface area contributed by atoms with E-state index in [4.69, 9.17) is 17.3 Å². The minimum atomic E-state index is -4.84. The molecule has 0 amide bonds. The van der Waals surface area contributed by atoms with Crippen LogP contribution in [0.15, 0.2) is 52.3 Å². The van der Waals surface area contributed by atoms with Crippen LogP contribution in [0.4, 0.5) is 29.1 Å². The van der Waals surface area contributed by atoms with Gasteiger partial charge in [-0.1, -0.05) is 11.6 Å². The third kappa shape index (κ3) is 5.58. The molecule has 3 aromatic heterocycles. The summed E-state index contributed by atoms with van der Waals surface area (Å²) in [7, 11) is 0. The van der Waals surface area contributed by atoms with Crippen molar-refractivity contribution in [3.63, 3.8) is 0 Å². The number of alkyl halides is 3. The summed E-state index contributed by atoms with van der Waals surface area (Å²) in [6, 6.07) is 6.88. The van der Waals surface area contributed by atoms with Gasteiger partial charge in [-0.25, -0.2) is 14.5 Å². The number of nitrogens with one attached hydrogen (secondary N) is 2. The summed E-state index contributed by atoms with van der Waals surface area (Å²) in [5.74, 6) is -0.593. The van der Waals surface area contributed by atoms with Crippen molar-refractivity contribution >= 4 is 33.9 Å². The van der Waals surface area contributed by atoms with Crippen molar-refractivity contribution in [2.24, 2.45) is 0 Å². The predicted molar refractivity (Wildman–Crippen MR) is 133 cm³/mol. The fourth-order valence-electron chi connectivity index (χ4n) is 3.98. The number of hydrogen-bond donors (Lipinski definition) is 3. The van der Waals surface area contributed by atoms with Crippen LogP contribution in [0.2, 0.25) is 5.02 Å². The molecule has 0 fully saturated rings. The summed E-state index contributed by atoms with van der Waals surface area (Å²) in [6.07, 6.45) is -1.57. The number of hydrogen-bond acceptors (Lipinski definition) is 6. The zero-order chi connectivity index (χ0) is 26.9. The van der Waals surface area contributed by atoms with Crippen LogP contribution in [0, 0.1) is 5.82 Å². The van der Waals surface area contributed by atoms with Crippen LogP contribution in [0.25, 0.3) is 22.0 Å². The molecule has 3 heterocycles. The second-order valence-corrected chi connectivity index (χ2v) is 8.88. The number of halogens is 5. The smallest absolute Gasteiger partial charge is 0.382 e. The number of nitrogen functional groups attached to an aromatic ring is 1. The van der Waals surface area contributed by atoms with E-state index < -0.39 is 40.4 Å². The Labute approximate surface area is 212 Å². The lowest BCUT2D eigenvalue weighted by atomic mass is 10.0. The molecule has 4 aromatic rings. The van der Waals surface area contributed by atoms with Crippen LogP contribution in [-0.2, 0) is 12.7 Å². The molecule has 1 unspecified atom stereocenters. The summed E-state index contributed by atoms with van der Waals surface area (Å²) in [4.78, 5) is 28.6. The molecule has 37 heavy (non-hydrogen) atoms. The molecule has 0 aliphatic carbocycles. The molecule has 0 bridgehead atoms. The Morgan fingerprint density at radius 2 is 1.97 bits per heavy atom. The molecule has 0 aliphatic heterocycles. The maximum absolute atomic E-state index is 14.9. The normalized spacial score (nSPS) is 12.6. The fourth-order valence-corrected chi connectivity index (χ4v) is 4.09. The fraction of sp³-hybridized carbons (Fsp3) is 0.250. The highest BCUT2D eigenvalue weighted by atomic mass is 35.5. The average molecular weight is 537 g/mol. The summed E-state index contributed by atoms with van der Waals surface area (Å²) in [5.41, 5.74) is 2.64. The van der Waals surface area contributed by atoms with Gasteiger partial charge < -0.3 is 15.6 Å². The van der Waals surface area contributed by atoms with Gasteiger partial charge in [0.2, 0.25) is 0 Å². The van der Waals surface area contributed by atoms with Crippen LogP contribution in [0.3, 0.4) is 0 Å². The average Bonchev–Trinajstić information content (AvgIpc) is 2.81. The van der Waals surface area contributed by atoms with E-state index in [1.54, 1.807) is 24.3 Å². The number of anilines is 2. The van der Waals surface area contributed by atoms with E-state index in [1.165, 1.54) is 22.8 Å². The molecule has 4 rings (SSSR count). The van der Waals surface area contributed by atoms with Gasteiger partial charge in [0.05, 0.1) is 28.0 Å². The number of pyridine rings is 2. The third-order valence-electron chi connectivity index (χ3n) is 5.79. The van der Waals surface area contributed by atoms with E-state index in [0.29, 0.717) is 18.2 Å². The molecule has 0 aliphatic rings. The number of H-pyrrole nitrogens is 1. The summed E-state index contributed by atoms with van der Waals surface area (Å²) in [6.45, 7) is 1.90. The Kier molecular flexibility index (Phi) is 7.21. The SMILES string of the molecule is CC(CCCn1ccc2cc(-c3ccc(Cl)c(N)n3)c(F)cc2c1=O)Nc1cn[nH]c(=O)c1C(F)(F)F. The number of rotatable bonds is 7. The number of benzene rings is 1. The van der Waals surface area contributed by atoms with Gasteiger partial charge in [-0.15, -0.1) is 0 Å². The third-order valence-corrected chi connectivity index (χ3v) is 6.11. The number of aromatic amines is 1. The molecule has 0 spiro atoms. The zero-order valence-corrected chi connectivity index (χ0v) is 20.1. The first-order valence-corrected chi connectivity index (χ1v) is 11.5. The Hall–Kier alpha value is -3.93. The lowest BCUT2D eigenvalue weighted by molar-refractivity contribution is -0.138. The van der Waals surface area contributed by atoms with Crippen LogP contribution >= 0.6 is 11.6 Å². The number of aryl methyl sites for hydroxylation is 1. The topological polar surface area (TPSA) is 119 Å². The van der Waals surface area contributed by atoms with Gasteiger partial charge in [-0.3, -0.25) is 9.59 Å². The van der Waals surface area contributed by atoms with Gasteiger partial charge in [0.25, 0.3) is 11.1 Å². The van der Waals surface area contributed by atoms with E-state index in [9.17, 15) is 27.2 Å². The standard InChI is InChI=1S/C24H21ClF4N6O2/c1-12(32-19-11-31-34-22(36)20(19)24(27,28)29)3-2-7-35-8-6-13-9-15(17(26)10-14(13)23(35)37)18-5-4-16(25)21(30)33-18/h4-6,8-12H,2-3,7H2,1H3,(H2,30,33)(H2,32,34,36). The summed E-state index contributed by atoms with van der Waals surface area (Å²) >= 11 is 5.88. The van der Waals surface area contributed by atoms with E-state index >= 15 is 0 Å². The van der Waals surface area contributed by atoms with E-state index in [1.807, 2.05) is 0 Å². The maximum atomic E-state index is 14.9.